The number of nitrogens with zero attached hydrogens (tertiary/aromatic N) is 3. The van der Waals surface area contributed by atoms with Crippen LogP contribution in [0.5, 0.6) is 0 Å². The van der Waals surface area contributed by atoms with Gasteiger partial charge in [-0.1, -0.05) is 18.2 Å². The SMILES string of the molecule is CCN(CC)C(=O)[C@@H]1CC[C@@H]2C(=O)N(c3ccccc3)C(=O)N21. The first-order valence-electron chi connectivity index (χ1n) is 8.10. The Balaban J connectivity index is 1.88. The Hall–Kier alpha value is -2.37. The molecule has 23 heavy (non-hydrogen) atoms. The second-order valence-electron chi connectivity index (χ2n) is 5.82. The predicted molar refractivity (Wildman–Crippen MR) is 85.9 cm³/mol. The van der Waals surface area contributed by atoms with Gasteiger partial charge in [0.2, 0.25) is 5.91 Å². The molecule has 6 heteroatoms. The largest absolute Gasteiger partial charge is 0.341 e. The highest BCUT2D eigenvalue weighted by Gasteiger charge is 2.54. The number of likely N-dealkylation sites (N-methyl/N-ethyl adjacent to an activating group) is 1. The number of hydrogen-bond acceptors (Lipinski definition) is 3. The summed E-state index contributed by atoms with van der Waals surface area (Å²) in [6.45, 7) is 5.05. The van der Waals surface area contributed by atoms with Crippen molar-refractivity contribution in [3.05, 3.63) is 30.3 Å². The maximum absolute atomic E-state index is 12.8. The molecule has 4 amide bonds. The number of carbonyl (C=O) groups is 3. The number of urea groups is 1. The first kappa shape index (κ1) is 15.5. The summed E-state index contributed by atoms with van der Waals surface area (Å²) in [5.41, 5.74) is 0.561. The molecule has 2 aliphatic heterocycles. The summed E-state index contributed by atoms with van der Waals surface area (Å²) in [5, 5.41) is 0. The van der Waals surface area contributed by atoms with Crippen LogP contribution >= 0.6 is 0 Å². The van der Waals surface area contributed by atoms with Crippen molar-refractivity contribution in [3.63, 3.8) is 0 Å². The molecule has 0 aromatic heterocycles. The standard InChI is InChI=1S/C17H21N3O3/c1-3-18(4-2)15(21)13-10-11-14-16(22)19(17(23)20(13)14)12-8-6-5-7-9-12/h5-9,13-14H,3-4,10-11H2,1-2H3/t13-,14+/m0/s1. The number of imide groups is 1. The minimum Gasteiger partial charge on any atom is -0.341 e. The fraction of sp³-hybridized carbons (Fsp3) is 0.471. The molecule has 0 bridgehead atoms. The van der Waals surface area contributed by atoms with Gasteiger partial charge in [-0.15, -0.1) is 0 Å². The van der Waals surface area contributed by atoms with E-state index in [1.165, 1.54) is 9.80 Å². The maximum atomic E-state index is 12.8. The van der Waals surface area contributed by atoms with Crippen molar-refractivity contribution in [2.45, 2.75) is 38.8 Å². The molecule has 2 aliphatic rings. The Kier molecular flexibility index (Phi) is 4.07. The van der Waals surface area contributed by atoms with Gasteiger partial charge >= 0.3 is 6.03 Å². The average Bonchev–Trinajstić information content (AvgIpc) is 3.10. The molecule has 122 valence electrons. The Labute approximate surface area is 135 Å². The summed E-state index contributed by atoms with van der Waals surface area (Å²) in [6.07, 6.45) is 1.10. The number of para-hydroxylation sites is 1. The predicted octanol–water partition coefficient (Wildman–Crippen LogP) is 1.85. The third-order valence-electron chi connectivity index (χ3n) is 4.68. The third kappa shape index (κ3) is 2.38. The lowest BCUT2D eigenvalue weighted by molar-refractivity contribution is -0.135. The smallest absolute Gasteiger partial charge is 0.332 e. The molecule has 0 saturated carbocycles. The van der Waals surface area contributed by atoms with E-state index in [4.69, 9.17) is 0 Å². The minimum atomic E-state index is -0.523. The number of amides is 4. The zero-order valence-corrected chi connectivity index (χ0v) is 13.4. The zero-order valence-electron chi connectivity index (χ0n) is 13.4. The number of carbonyl (C=O) groups excluding carboxylic acids is 3. The van der Waals surface area contributed by atoms with Crippen LogP contribution in [0.4, 0.5) is 10.5 Å². The van der Waals surface area contributed by atoms with Gasteiger partial charge in [0.15, 0.2) is 0 Å². The summed E-state index contributed by atoms with van der Waals surface area (Å²) in [5.74, 6) is -0.287. The molecule has 1 aromatic carbocycles. The maximum Gasteiger partial charge on any atom is 0.332 e. The Morgan fingerprint density at radius 3 is 2.39 bits per heavy atom. The molecule has 0 spiro atoms. The van der Waals surface area contributed by atoms with E-state index in [1.807, 2.05) is 19.9 Å². The fourth-order valence-corrected chi connectivity index (χ4v) is 3.48. The molecule has 0 aliphatic carbocycles. The van der Waals surface area contributed by atoms with Crippen LogP contribution in [-0.2, 0) is 9.59 Å². The van der Waals surface area contributed by atoms with Gasteiger partial charge in [-0.2, -0.15) is 0 Å². The van der Waals surface area contributed by atoms with E-state index >= 15 is 0 Å². The second-order valence-corrected chi connectivity index (χ2v) is 5.82. The summed E-state index contributed by atoms with van der Waals surface area (Å²) in [4.78, 5) is 42.4. The molecule has 6 nitrogen and oxygen atoms in total. The van der Waals surface area contributed by atoms with Crippen LogP contribution < -0.4 is 4.90 Å². The molecule has 0 N–H and O–H groups in total. The quantitative estimate of drug-likeness (QED) is 0.797. The molecule has 1 aromatic rings. The lowest BCUT2D eigenvalue weighted by atomic mass is 10.1. The van der Waals surface area contributed by atoms with E-state index in [0.29, 0.717) is 31.6 Å². The first-order valence-corrected chi connectivity index (χ1v) is 8.10. The lowest BCUT2D eigenvalue weighted by Crippen LogP contribution is -2.48. The zero-order chi connectivity index (χ0) is 16.6. The topological polar surface area (TPSA) is 60.9 Å². The highest BCUT2D eigenvalue weighted by atomic mass is 16.2. The van der Waals surface area contributed by atoms with Gasteiger partial charge in [0.1, 0.15) is 12.1 Å². The van der Waals surface area contributed by atoms with Crippen LogP contribution in [0.25, 0.3) is 0 Å². The highest BCUT2D eigenvalue weighted by molar-refractivity contribution is 6.22. The van der Waals surface area contributed by atoms with E-state index in [9.17, 15) is 14.4 Å². The third-order valence-corrected chi connectivity index (χ3v) is 4.68. The van der Waals surface area contributed by atoms with E-state index in [0.717, 1.165) is 0 Å². The first-order chi connectivity index (χ1) is 11.1. The summed E-state index contributed by atoms with van der Waals surface area (Å²) in [6, 6.07) is 7.47. The number of benzene rings is 1. The van der Waals surface area contributed by atoms with Gasteiger partial charge in [0, 0.05) is 13.1 Å². The molecule has 2 saturated heterocycles. The van der Waals surface area contributed by atoms with E-state index < -0.39 is 12.1 Å². The molecule has 2 fully saturated rings. The van der Waals surface area contributed by atoms with E-state index in [-0.39, 0.29) is 17.8 Å². The van der Waals surface area contributed by atoms with Gasteiger partial charge in [-0.3, -0.25) is 14.5 Å². The van der Waals surface area contributed by atoms with Gasteiger partial charge in [-0.25, -0.2) is 9.69 Å². The van der Waals surface area contributed by atoms with Crippen molar-refractivity contribution in [2.75, 3.05) is 18.0 Å². The summed E-state index contributed by atoms with van der Waals surface area (Å²) in [7, 11) is 0. The molecular weight excluding hydrogens is 294 g/mol. The van der Waals surface area contributed by atoms with Crippen molar-refractivity contribution < 1.29 is 14.4 Å². The second kappa shape index (κ2) is 6.02. The molecule has 3 rings (SSSR count). The Morgan fingerprint density at radius 2 is 1.78 bits per heavy atom. The normalized spacial score (nSPS) is 23.4. The van der Waals surface area contributed by atoms with E-state index in [2.05, 4.69) is 0 Å². The van der Waals surface area contributed by atoms with Crippen molar-refractivity contribution >= 4 is 23.5 Å². The lowest BCUT2D eigenvalue weighted by Gasteiger charge is -2.28. The van der Waals surface area contributed by atoms with Crippen LogP contribution in [0, 0.1) is 0 Å². The molecular formula is C17H21N3O3. The minimum absolute atomic E-state index is 0.0615. The van der Waals surface area contributed by atoms with Gasteiger partial charge in [0.25, 0.3) is 5.91 Å². The molecule has 0 radical (unpaired) electrons. The summed E-state index contributed by atoms with van der Waals surface area (Å²) < 4.78 is 0. The van der Waals surface area contributed by atoms with Gasteiger partial charge in [0.05, 0.1) is 5.69 Å². The van der Waals surface area contributed by atoms with Crippen LogP contribution in [0.3, 0.4) is 0 Å². The Bertz CT molecular complexity index is 627. The number of anilines is 1. The fourth-order valence-electron chi connectivity index (χ4n) is 3.48. The van der Waals surface area contributed by atoms with Crippen LogP contribution in [0.15, 0.2) is 30.3 Å². The summed E-state index contributed by atoms with van der Waals surface area (Å²) >= 11 is 0. The van der Waals surface area contributed by atoms with Gasteiger partial charge in [-0.05, 0) is 38.8 Å². The van der Waals surface area contributed by atoms with E-state index in [1.54, 1.807) is 29.2 Å². The van der Waals surface area contributed by atoms with Crippen molar-refractivity contribution in [2.24, 2.45) is 0 Å². The number of fused-ring (bicyclic) bond motifs is 1. The molecule has 2 atom stereocenters. The number of hydrogen-bond donors (Lipinski definition) is 0. The number of rotatable bonds is 4. The molecule has 2 heterocycles. The van der Waals surface area contributed by atoms with Crippen molar-refractivity contribution in [3.8, 4) is 0 Å². The Morgan fingerprint density at radius 1 is 1.13 bits per heavy atom. The highest BCUT2D eigenvalue weighted by Crippen LogP contribution is 2.35. The van der Waals surface area contributed by atoms with Crippen LogP contribution in [0.2, 0.25) is 0 Å². The van der Waals surface area contributed by atoms with Crippen molar-refractivity contribution in [1.82, 2.24) is 9.80 Å². The van der Waals surface area contributed by atoms with Crippen LogP contribution in [-0.4, -0.2) is 52.8 Å². The van der Waals surface area contributed by atoms with Crippen molar-refractivity contribution in [1.29, 1.82) is 0 Å². The monoisotopic (exact) mass is 315 g/mol. The van der Waals surface area contributed by atoms with Crippen LogP contribution in [0.1, 0.15) is 26.7 Å². The van der Waals surface area contributed by atoms with Gasteiger partial charge < -0.3 is 4.90 Å². The molecule has 0 unspecified atom stereocenters. The average molecular weight is 315 g/mol.